The zero-order chi connectivity index (χ0) is 13.1. The maximum Gasteiger partial charge on any atom is 0.410 e. The van der Waals surface area contributed by atoms with Crippen LogP contribution in [0.4, 0.5) is 5.82 Å². The molecule has 0 aliphatic heterocycles. The zero-order valence-corrected chi connectivity index (χ0v) is 9.27. The molecule has 2 rings (SSSR count). The second kappa shape index (κ2) is 4.65. The van der Waals surface area contributed by atoms with Crippen LogP contribution < -0.4 is 4.74 Å². The Hall–Kier alpha value is -2.71. The predicted octanol–water partition coefficient (Wildman–Crippen LogP) is 0.753. The molecule has 0 amide bonds. The molecule has 0 aliphatic carbocycles. The van der Waals surface area contributed by atoms with E-state index in [9.17, 15) is 14.9 Å². The van der Waals surface area contributed by atoms with Crippen LogP contribution in [-0.2, 0) is 11.3 Å². The lowest BCUT2D eigenvalue weighted by molar-refractivity contribution is -0.389. The van der Waals surface area contributed by atoms with Gasteiger partial charge in [0.1, 0.15) is 12.3 Å². The van der Waals surface area contributed by atoms with E-state index >= 15 is 0 Å². The summed E-state index contributed by atoms with van der Waals surface area (Å²) in [6.45, 7) is 1.36. The van der Waals surface area contributed by atoms with Crippen LogP contribution in [0.5, 0.6) is 5.95 Å². The molecule has 9 nitrogen and oxygen atoms in total. The molecule has 0 aromatic carbocycles. The average molecular weight is 252 g/mol. The molecule has 0 fully saturated rings. The van der Waals surface area contributed by atoms with E-state index in [1.54, 1.807) is 6.07 Å². The molecule has 0 spiro atoms. The van der Waals surface area contributed by atoms with Crippen LogP contribution in [0.2, 0.25) is 0 Å². The van der Waals surface area contributed by atoms with Crippen molar-refractivity contribution in [1.29, 1.82) is 0 Å². The molecule has 18 heavy (non-hydrogen) atoms. The van der Waals surface area contributed by atoms with Crippen LogP contribution in [-0.4, -0.2) is 25.9 Å². The van der Waals surface area contributed by atoms with Gasteiger partial charge in [-0.15, -0.1) is 5.10 Å². The van der Waals surface area contributed by atoms with Crippen LogP contribution in [0, 0.1) is 10.1 Å². The minimum absolute atomic E-state index is 0.0548. The van der Waals surface area contributed by atoms with Crippen LogP contribution in [0.15, 0.2) is 22.7 Å². The molecule has 0 N–H and O–H groups in total. The Balaban J connectivity index is 2.06. The predicted molar refractivity (Wildman–Crippen MR) is 55.8 cm³/mol. The maximum absolute atomic E-state index is 10.7. The molecule has 0 atom stereocenters. The first-order valence-corrected chi connectivity index (χ1v) is 4.86. The van der Waals surface area contributed by atoms with Crippen LogP contribution in [0.3, 0.4) is 0 Å². The zero-order valence-electron chi connectivity index (χ0n) is 9.27. The van der Waals surface area contributed by atoms with E-state index in [0.29, 0.717) is 5.76 Å². The van der Waals surface area contributed by atoms with Crippen molar-refractivity contribution in [2.75, 3.05) is 0 Å². The summed E-state index contributed by atoms with van der Waals surface area (Å²) < 4.78 is 9.87. The summed E-state index contributed by atoms with van der Waals surface area (Å²) in [5, 5.41) is 17.7. The number of carbonyl (C=O) groups excluding carboxylic acids is 1. The van der Waals surface area contributed by atoms with E-state index in [1.807, 2.05) is 0 Å². The molecule has 0 saturated heterocycles. The number of hydrogen-bond acceptors (Lipinski definition) is 7. The fraction of sp³-hybridized carbons (Fsp3) is 0.222. The van der Waals surface area contributed by atoms with Crippen molar-refractivity contribution in [3.63, 3.8) is 0 Å². The van der Waals surface area contributed by atoms with Gasteiger partial charge >= 0.3 is 11.8 Å². The van der Waals surface area contributed by atoms with Crippen molar-refractivity contribution in [2.45, 2.75) is 13.5 Å². The Labute approximate surface area is 100 Å². The highest BCUT2D eigenvalue weighted by Gasteiger charge is 2.14. The van der Waals surface area contributed by atoms with Gasteiger partial charge in [0, 0.05) is 13.0 Å². The number of ether oxygens (including phenoxy) is 1. The number of esters is 1. The molecule has 0 radical (unpaired) electrons. The second-order valence-electron chi connectivity index (χ2n) is 3.30. The van der Waals surface area contributed by atoms with Crippen molar-refractivity contribution in [1.82, 2.24) is 15.0 Å². The van der Waals surface area contributed by atoms with Gasteiger partial charge in [0.2, 0.25) is 0 Å². The summed E-state index contributed by atoms with van der Waals surface area (Å²) in [6.07, 6.45) is 1.04. The largest absolute Gasteiger partial charge is 0.428 e. The molecule has 2 aromatic rings. The summed E-state index contributed by atoms with van der Waals surface area (Å²) in [6, 6.07) is 3.03. The lowest BCUT2D eigenvalue weighted by Gasteiger charge is -1.94. The molecule has 0 saturated carbocycles. The Kier molecular flexibility index (Phi) is 3.04. The van der Waals surface area contributed by atoms with E-state index in [4.69, 9.17) is 9.15 Å². The summed E-state index contributed by atoms with van der Waals surface area (Å²) in [7, 11) is 0. The molecular formula is C9H8N4O5. The first-order valence-electron chi connectivity index (χ1n) is 4.86. The fourth-order valence-corrected chi connectivity index (χ4v) is 1.23. The van der Waals surface area contributed by atoms with Gasteiger partial charge in [0.05, 0.1) is 5.10 Å². The minimum Gasteiger partial charge on any atom is -0.428 e. The topological polar surface area (TPSA) is 113 Å². The SMILES string of the molecule is CC(=O)Oc1ccc(Cn2ncc([N+](=O)[O-])n2)o1. The molecule has 9 heteroatoms. The van der Waals surface area contributed by atoms with Crippen LogP contribution in [0.25, 0.3) is 0 Å². The van der Waals surface area contributed by atoms with Crippen molar-refractivity contribution in [3.05, 3.63) is 34.2 Å². The maximum atomic E-state index is 10.7. The number of rotatable bonds is 4. The Morgan fingerprint density at radius 3 is 3.00 bits per heavy atom. The van der Waals surface area contributed by atoms with Crippen LogP contribution >= 0.6 is 0 Å². The highest BCUT2D eigenvalue weighted by Crippen LogP contribution is 2.17. The van der Waals surface area contributed by atoms with Gasteiger partial charge in [-0.2, -0.15) is 0 Å². The first kappa shape index (κ1) is 11.8. The summed E-state index contributed by atoms with van der Waals surface area (Å²) in [5.74, 6) is -0.374. The normalized spacial score (nSPS) is 10.3. The highest BCUT2D eigenvalue weighted by molar-refractivity contribution is 5.68. The smallest absolute Gasteiger partial charge is 0.410 e. The monoisotopic (exact) mass is 252 g/mol. The van der Waals surface area contributed by atoms with Crippen LogP contribution in [0.1, 0.15) is 12.7 Å². The number of carbonyl (C=O) groups is 1. The van der Waals surface area contributed by atoms with Crippen molar-refractivity contribution >= 4 is 11.8 Å². The third kappa shape index (κ3) is 2.70. The molecular weight excluding hydrogens is 244 g/mol. The first-order chi connectivity index (χ1) is 8.54. The molecule has 2 aromatic heterocycles. The van der Waals surface area contributed by atoms with Crippen molar-refractivity contribution in [3.8, 4) is 5.95 Å². The van der Waals surface area contributed by atoms with E-state index in [2.05, 4.69) is 10.2 Å². The molecule has 94 valence electrons. The van der Waals surface area contributed by atoms with E-state index in [-0.39, 0.29) is 18.3 Å². The number of aromatic nitrogens is 3. The Bertz CT molecular complexity index is 587. The highest BCUT2D eigenvalue weighted by atomic mass is 16.6. The van der Waals surface area contributed by atoms with Crippen molar-refractivity contribution < 1.29 is 18.9 Å². The number of nitro groups is 1. The van der Waals surface area contributed by atoms with Gasteiger partial charge in [0.25, 0.3) is 5.95 Å². The van der Waals surface area contributed by atoms with Crippen molar-refractivity contribution in [2.24, 2.45) is 0 Å². The van der Waals surface area contributed by atoms with Gasteiger partial charge < -0.3 is 19.3 Å². The van der Waals surface area contributed by atoms with Gasteiger partial charge in [0.15, 0.2) is 6.20 Å². The lowest BCUT2D eigenvalue weighted by Crippen LogP contribution is -2.03. The standard InChI is InChI=1S/C9H8N4O5/c1-6(14)17-9-3-2-7(18-9)5-12-10-4-8(11-12)13(15)16/h2-4H,5H2,1H3. The number of nitrogens with zero attached hydrogens (tertiary/aromatic N) is 4. The van der Waals surface area contributed by atoms with E-state index in [0.717, 1.165) is 11.0 Å². The quantitative estimate of drug-likeness (QED) is 0.448. The second-order valence-corrected chi connectivity index (χ2v) is 3.30. The third-order valence-electron chi connectivity index (χ3n) is 1.89. The third-order valence-corrected chi connectivity index (χ3v) is 1.89. The minimum atomic E-state index is -0.643. The number of hydrogen-bond donors (Lipinski definition) is 0. The van der Waals surface area contributed by atoms with Gasteiger partial charge in [-0.1, -0.05) is 4.80 Å². The van der Waals surface area contributed by atoms with Gasteiger partial charge in [-0.25, -0.2) is 0 Å². The Morgan fingerprint density at radius 1 is 1.61 bits per heavy atom. The lowest BCUT2D eigenvalue weighted by atomic mass is 10.4. The van der Waals surface area contributed by atoms with E-state index < -0.39 is 10.9 Å². The summed E-state index contributed by atoms with van der Waals surface area (Å²) >= 11 is 0. The van der Waals surface area contributed by atoms with E-state index in [1.165, 1.54) is 13.0 Å². The molecule has 0 bridgehead atoms. The molecule has 0 unspecified atom stereocenters. The molecule has 0 aliphatic rings. The fourth-order valence-electron chi connectivity index (χ4n) is 1.23. The van der Waals surface area contributed by atoms with Gasteiger partial charge in [-0.05, 0) is 11.0 Å². The molecule has 2 heterocycles. The number of furan rings is 1. The summed E-state index contributed by atoms with van der Waals surface area (Å²) in [5.41, 5.74) is 0. The van der Waals surface area contributed by atoms with Gasteiger partial charge in [-0.3, -0.25) is 4.79 Å². The Morgan fingerprint density at radius 2 is 2.39 bits per heavy atom. The average Bonchev–Trinajstić information content (AvgIpc) is 2.88. The summed E-state index contributed by atoms with van der Waals surface area (Å²) in [4.78, 5) is 21.5.